The molecule has 1 rings (SSSR count). The largest absolute Gasteiger partial charge is 0.416 e. The lowest BCUT2D eigenvalue weighted by Crippen LogP contribution is -2.10. The van der Waals surface area contributed by atoms with E-state index in [4.69, 9.17) is 0 Å². The maximum atomic E-state index is 12.5. The average molecular weight is 252 g/mol. The third-order valence-electron chi connectivity index (χ3n) is 2.21. The van der Waals surface area contributed by atoms with Crippen LogP contribution in [0.15, 0.2) is 18.2 Å². The Morgan fingerprint density at radius 2 is 1.88 bits per heavy atom. The summed E-state index contributed by atoms with van der Waals surface area (Å²) < 4.78 is 62.3. The van der Waals surface area contributed by atoms with Crippen LogP contribution in [-0.2, 0) is 17.4 Å². The highest BCUT2D eigenvalue weighted by Crippen LogP contribution is 2.36. The van der Waals surface area contributed by atoms with Gasteiger partial charge in [-0.3, -0.25) is 0 Å². The quantitative estimate of drug-likeness (QED) is 0.588. The van der Waals surface area contributed by atoms with Gasteiger partial charge in [0.2, 0.25) is 0 Å². The molecule has 1 aromatic rings. The zero-order valence-corrected chi connectivity index (χ0v) is 8.60. The molecule has 0 aliphatic carbocycles. The number of benzene rings is 1. The van der Waals surface area contributed by atoms with Gasteiger partial charge < -0.3 is 4.79 Å². The molecule has 0 aromatic heterocycles. The van der Waals surface area contributed by atoms with Crippen LogP contribution in [0.2, 0.25) is 0 Å². The second-order valence-electron chi connectivity index (χ2n) is 3.43. The van der Waals surface area contributed by atoms with Crippen LogP contribution in [0.3, 0.4) is 0 Å². The maximum Gasteiger partial charge on any atom is 0.416 e. The highest BCUT2D eigenvalue weighted by Gasteiger charge is 2.35. The zero-order valence-electron chi connectivity index (χ0n) is 8.60. The topological polar surface area (TPSA) is 17.1 Å². The van der Waals surface area contributed by atoms with E-state index in [2.05, 4.69) is 0 Å². The Hall–Kier alpha value is -1.46. The summed E-state index contributed by atoms with van der Waals surface area (Å²) in [5, 5.41) is 0. The molecule has 0 aliphatic heterocycles. The van der Waals surface area contributed by atoms with Crippen molar-refractivity contribution in [1.29, 1.82) is 0 Å². The molecule has 1 nitrogen and oxygen atoms in total. The van der Waals surface area contributed by atoms with Gasteiger partial charge in [0.1, 0.15) is 6.29 Å². The average Bonchev–Trinajstić information content (AvgIpc) is 2.24. The first-order valence-electron chi connectivity index (χ1n) is 4.78. The number of aldehydes is 1. The van der Waals surface area contributed by atoms with Crippen LogP contribution in [0, 0.1) is 0 Å². The Morgan fingerprint density at radius 3 is 2.35 bits per heavy atom. The third kappa shape index (κ3) is 3.51. The summed E-state index contributed by atoms with van der Waals surface area (Å²) in [5.74, 6) is 0. The van der Waals surface area contributed by atoms with E-state index < -0.39 is 23.7 Å². The Balaban J connectivity index is 3.15. The first-order valence-corrected chi connectivity index (χ1v) is 4.78. The molecular formula is C11H9F5O. The standard InChI is InChI=1S/C11H9F5O/c12-10(13)8-4-3-7(2-1-5-17)6-9(8)11(14,15)16/h3-6,10H,1-2H2. The molecule has 0 spiro atoms. The Kier molecular flexibility index (Phi) is 4.20. The predicted molar refractivity (Wildman–Crippen MR) is 50.8 cm³/mol. The fourth-order valence-electron chi connectivity index (χ4n) is 1.42. The second kappa shape index (κ2) is 5.25. The number of hydrogen-bond donors (Lipinski definition) is 0. The van der Waals surface area contributed by atoms with Crippen LogP contribution in [-0.4, -0.2) is 6.29 Å². The number of rotatable bonds is 4. The van der Waals surface area contributed by atoms with E-state index in [1.54, 1.807) is 0 Å². The molecule has 0 N–H and O–H groups in total. The molecule has 17 heavy (non-hydrogen) atoms. The van der Waals surface area contributed by atoms with Gasteiger partial charge >= 0.3 is 6.18 Å². The molecule has 6 heteroatoms. The first kappa shape index (κ1) is 13.6. The molecule has 0 amide bonds. The van der Waals surface area contributed by atoms with E-state index in [0.717, 1.165) is 6.07 Å². The predicted octanol–water partition coefficient (Wildman–Crippen LogP) is 3.77. The Labute approximate surface area is 94.2 Å². The van der Waals surface area contributed by atoms with Crippen LogP contribution in [0.25, 0.3) is 0 Å². The highest BCUT2D eigenvalue weighted by molar-refractivity contribution is 5.50. The number of alkyl halides is 5. The minimum atomic E-state index is -4.82. The van der Waals surface area contributed by atoms with Crippen LogP contribution in [0.4, 0.5) is 22.0 Å². The van der Waals surface area contributed by atoms with Crippen molar-refractivity contribution in [1.82, 2.24) is 0 Å². The SMILES string of the molecule is O=CCCc1ccc(C(F)F)c(C(F)(F)F)c1. The van der Waals surface area contributed by atoms with Gasteiger partial charge in [-0.15, -0.1) is 0 Å². The Bertz CT molecular complexity index is 397. The van der Waals surface area contributed by atoms with Crippen LogP contribution >= 0.6 is 0 Å². The minimum absolute atomic E-state index is 0.0608. The van der Waals surface area contributed by atoms with E-state index in [-0.39, 0.29) is 18.4 Å². The first-order chi connectivity index (χ1) is 7.86. The highest BCUT2D eigenvalue weighted by atomic mass is 19.4. The lowest BCUT2D eigenvalue weighted by molar-refractivity contribution is -0.139. The molecule has 0 aliphatic rings. The molecule has 0 saturated carbocycles. The molecule has 0 unspecified atom stereocenters. The molecule has 0 saturated heterocycles. The smallest absolute Gasteiger partial charge is 0.303 e. The van der Waals surface area contributed by atoms with E-state index in [9.17, 15) is 26.7 Å². The summed E-state index contributed by atoms with van der Waals surface area (Å²) in [7, 11) is 0. The molecule has 0 atom stereocenters. The van der Waals surface area contributed by atoms with Gasteiger partial charge in [-0.2, -0.15) is 13.2 Å². The van der Waals surface area contributed by atoms with Crippen molar-refractivity contribution in [2.24, 2.45) is 0 Å². The number of carbonyl (C=O) groups excluding carboxylic acids is 1. The maximum absolute atomic E-state index is 12.5. The van der Waals surface area contributed by atoms with Gasteiger partial charge in [0.25, 0.3) is 6.43 Å². The number of hydrogen-bond acceptors (Lipinski definition) is 1. The van der Waals surface area contributed by atoms with Gasteiger partial charge in [0.15, 0.2) is 0 Å². The van der Waals surface area contributed by atoms with Gasteiger partial charge in [-0.05, 0) is 18.1 Å². The third-order valence-corrected chi connectivity index (χ3v) is 2.21. The number of halogens is 5. The number of carbonyl (C=O) groups is 1. The van der Waals surface area contributed by atoms with E-state index in [1.807, 2.05) is 0 Å². The fraction of sp³-hybridized carbons (Fsp3) is 0.364. The van der Waals surface area contributed by atoms with Crippen molar-refractivity contribution >= 4 is 6.29 Å². The normalized spacial score (nSPS) is 11.9. The molecule has 94 valence electrons. The van der Waals surface area contributed by atoms with Crippen molar-refractivity contribution in [3.63, 3.8) is 0 Å². The summed E-state index contributed by atoms with van der Waals surface area (Å²) in [5.41, 5.74) is -2.16. The van der Waals surface area contributed by atoms with Crippen molar-refractivity contribution in [3.8, 4) is 0 Å². The monoisotopic (exact) mass is 252 g/mol. The summed E-state index contributed by atoms with van der Waals surface area (Å²) in [4.78, 5) is 10.1. The van der Waals surface area contributed by atoms with Crippen molar-refractivity contribution in [3.05, 3.63) is 34.9 Å². The second-order valence-corrected chi connectivity index (χ2v) is 3.43. The van der Waals surface area contributed by atoms with Crippen LogP contribution in [0.1, 0.15) is 29.5 Å². The van der Waals surface area contributed by atoms with E-state index >= 15 is 0 Å². The summed E-state index contributed by atoms with van der Waals surface area (Å²) in [6.07, 6.45) is -7.26. The molecule has 0 heterocycles. The van der Waals surface area contributed by atoms with Crippen molar-refractivity contribution in [2.75, 3.05) is 0 Å². The van der Waals surface area contributed by atoms with E-state index in [0.29, 0.717) is 12.4 Å². The molecule has 0 fully saturated rings. The van der Waals surface area contributed by atoms with Gasteiger partial charge in [-0.1, -0.05) is 12.1 Å². The summed E-state index contributed by atoms with van der Waals surface area (Å²) in [6.45, 7) is 0. The van der Waals surface area contributed by atoms with Gasteiger partial charge in [0.05, 0.1) is 5.56 Å². The molecular weight excluding hydrogens is 243 g/mol. The van der Waals surface area contributed by atoms with Gasteiger partial charge in [0, 0.05) is 12.0 Å². The number of aryl methyl sites for hydroxylation is 1. The lowest BCUT2D eigenvalue weighted by atomic mass is 10.0. The Morgan fingerprint density at radius 1 is 1.24 bits per heavy atom. The lowest BCUT2D eigenvalue weighted by Gasteiger charge is -2.13. The molecule has 0 radical (unpaired) electrons. The van der Waals surface area contributed by atoms with Crippen LogP contribution in [0.5, 0.6) is 0 Å². The van der Waals surface area contributed by atoms with Crippen LogP contribution < -0.4 is 0 Å². The minimum Gasteiger partial charge on any atom is -0.303 e. The summed E-state index contributed by atoms with van der Waals surface area (Å²) in [6, 6.07) is 2.61. The van der Waals surface area contributed by atoms with Crippen molar-refractivity contribution < 1.29 is 26.7 Å². The fourth-order valence-corrected chi connectivity index (χ4v) is 1.42. The molecule has 0 bridgehead atoms. The van der Waals surface area contributed by atoms with E-state index in [1.165, 1.54) is 6.07 Å². The van der Waals surface area contributed by atoms with Gasteiger partial charge in [-0.25, -0.2) is 8.78 Å². The zero-order chi connectivity index (χ0) is 13.1. The molecule has 1 aromatic carbocycles. The summed E-state index contributed by atoms with van der Waals surface area (Å²) >= 11 is 0. The van der Waals surface area contributed by atoms with Crippen molar-refractivity contribution in [2.45, 2.75) is 25.4 Å².